The summed E-state index contributed by atoms with van der Waals surface area (Å²) in [6, 6.07) is 14.4. The molecular weight excluding hydrogens is 516 g/mol. The minimum Gasteiger partial charge on any atom is -0.342 e. The van der Waals surface area contributed by atoms with Crippen molar-refractivity contribution in [3.8, 4) is 11.3 Å². The van der Waals surface area contributed by atoms with E-state index < -0.39 is 0 Å². The van der Waals surface area contributed by atoms with E-state index in [-0.39, 0.29) is 23.6 Å². The molecule has 0 bridgehead atoms. The summed E-state index contributed by atoms with van der Waals surface area (Å²) in [5, 5.41) is 18.0. The van der Waals surface area contributed by atoms with Gasteiger partial charge in [-0.2, -0.15) is 0 Å². The Hall–Kier alpha value is -3.21. The first-order chi connectivity index (χ1) is 17.3. The number of halogens is 1. The molecule has 0 aliphatic heterocycles. The smallest absolute Gasteiger partial charge is 0.251 e. The van der Waals surface area contributed by atoms with Crippen LogP contribution < -0.4 is 10.6 Å². The number of carbonyl (C=O) groups excluding carboxylic acids is 2. The van der Waals surface area contributed by atoms with Crippen molar-refractivity contribution in [2.45, 2.75) is 38.5 Å². The first kappa shape index (κ1) is 25.9. The Balaban J connectivity index is 1.35. The third-order valence-electron chi connectivity index (χ3n) is 5.30. The molecule has 0 saturated carbocycles. The summed E-state index contributed by atoms with van der Waals surface area (Å²) >= 11 is 8.59. The number of anilines is 1. The van der Waals surface area contributed by atoms with Gasteiger partial charge in [0.1, 0.15) is 0 Å². The highest BCUT2D eigenvalue weighted by atomic mass is 35.5. The summed E-state index contributed by atoms with van der Waals surface area (Å²) in [7, 11) is 0. The Morgan fingerprint density at radius 1 is 1.17 bits per heavy atom. The van der Waals surface area contributed by atoms with Gasteiger partial charge in [-0.15, -0.1) is 21.5 Å². The van der Waals surface area contributed by atoms with Crippen molar-refractivity contribution in [3.63, 3.8) is 0 Å². The van der Waals surface area contributed by atoms with Gasteiger partial charge in [0, 0.05) is 28.1 Å². The lowest BCUT2D eigenvalue weighted by molar-refractivity contribution is -0.113. The maximum absolute atomic E-state index is 12.6. The van der Waals surface area contributed by atoms with Gasteiger partial charge >= 0.3 is 0 Å². The Morgan fingerprint density at radius 3 is 2.67 bits per heavy atom. The molecule has 2 amide bonds. The second-order valence-corrected chi connectivity index (χ2v) is 10.3. The van der Waals surface area contributed by atoms with Gasteiger partial charge in [0.05, 0.1) is 17.5 Å². The molecule has 2 N–H and O–H groups in total. The van der Waals surface area contributed by atoms with E-state index in [1.807, 2.05) is 61.1 Å². The number of rotatable bonds is 9. The van der Waals surface area contributed by atoms with Crippen LogP contribution in [0.3, 0.4) is 0 Å². The minimum atomic E-state index is -0.352. The monoisotopic (exact) mass is 540 g/mol. The standard InChI is InChI=1S/C25H25ClN6O2S2/c1-4-32-22(16(3)27-23(34)18-7-5-6-15(2)12-18)30-31-25(32)36-14-21(33)29-24-28-20(13-35-24)17-8-10-19(26)11-9-17/h5-13,16H,4,14H2,1-3H3,(H,27,34)(H,28,29,33). The van der Waals surface area contributed by atoms with E-state index in [0.29, 0.717) is 33.2 Å². The number of nitrogens with one attached hydrogen (secondary N) is 2. The third kappa shape index (κ3) is 6.31. The Kier molecular flexibility index (Phi) is 8.40. The predicted octanol–water partition coefficient (Wildman–Crippen LogP) is 5.61. The first-order valence-electron chi connectivity index (χ1n) is 11.3. The number of hydrogen-bond acceptors (Lipinski definition) is 7. The number of aryl methyl sites for hydroxylation is 1. The SMILES string of the molecule is CCn1c(SCC(=O)Nc2nc(-c3ccc(Cl)cc3)cs2)nnc1C(C)NC(=O)c1cccc(C)c1. The molecule has 2 aromatic heterocycles. The van der Waals surface area contributed by atoms with Gasteiger partial charge < -0.3 is 15.2 Å². The van der Waals surface area contributed by atoms with Gasteiger partial charge in [-0.1, -0.05) is 53.2 Å². The first-order valence-corrected chi connectivity index (χ1v) is 13.5. The number of amides is 2. The number of benzene rings is 2. The Morgan fingerprint density at radius 2 is 1.94 bits per heavy atom. The number of hydrogen-bond donors (Lipinski definition) is 2. The lowest BCUT2D eigenvalue weighted by Crippen LogP contribution is -2.28. The molecule has 0 aliphatic carbocycles. The Labute approximate surface area is 222 Å². The molecule has 0 saturated heterocycles. The van der Waals surface area contributed by atoms with Gasteiger partial charge in [0.2, 0.25) is 5.91 Å². The van der Waals surface area contributed by atoms with Crippen LogP contribution in [0.4, 0.5) is 5.13 Å². The molecule has 2 aromatic carbocycles. The highest BCUT2D eigenvalue weighted by Gasteiger charge is 2.20. The molecule has 0 radical (unpaired) electrons. The highest BCUT2D eigenvalue weighted by Crippen LogP contribution is 2.27. The van der Waals surface area contributed by atoms with Crippen LogP contribution in [-0.2, 0) is 11.3 Å². The molecule has 11 heteroatoms. The average Bonchev–Trinajstić information content (AvgIpc) is 3.50. The molecular formula is C25H25ClN6O2S2. The van der Waals surface area contributed by atoms with Gasteiger partial charge in [-0.3, -0.25) is 9.59 Å². The molecule has 0 fully saturated rings. The minimum absolute atomic E-state index is 0.151. The topological polar surface area (TPSA) is 102 Å². The average molecular weight is 541 g/mol. The number of thioether (sulfide) groups is 1. The molecule has 0 aliphatic rings. The fourth-order valence-corrected chi connectivity index (χ4v) is 5.20. The molecule has 2 heterocycles. The van der Waals surface area contributed by atoms with E-state index in [4.69, 9.17) is 11.6 Å². The van der Waals surface area contributed by atoms with E-state index in [9.17, 15) is 9.59 Å². The van der Waals surface area contributed by atoms with Crippen LogP contribution in [0, 0.1) is 6.92 Å². The van der Waals surface area contributed by atoms with Crippen LogP contribution in [0.1, 0.15) is 41.6 Å². The van der Waals surface area contributed by atoms with E-state index in [1.165, 1.54) is 23.1 Å². The second-order valence-electron chi connectivity index (χ2n) is 8.03. The van der Waals surface area contributed by atoms with E-state index >= 15 is 0 Å². The maximum atomic E-state index is 12.6. The van der Waals surface area contributed by atoms with Crippen LogP contribution in [-0.4, -0.2) is 37.3 Å². The third-order valence-corrected chi connectivity index (χ3v) is 7.28. The largest absolute Gasteiger partial charge is 0.342 e. The van der Waals surface area contributed by atoms with Gasteiger partial charge in [-0.25, -0.2) is 4.98 Å². The summed E-state index contributed by atoms with van der Waals surface area (Å²) in [6.45, 7) is 6.39. The number of aromatic nitrogens is 4. The van der Waals surface area contributed by atoms with Crippen LogP contribution in [0.2, 0.25) is 5.02 Å². The summed E-state index contributed by atoms with van der Waals surface area (Å²) < 4.78 is 1.90. The lowest BCUT2D eigenvalue weighted by Gasteiger charge is -2.15. The van der Waals surface area contributed by atoms with Crippen molar-refractivity contribution >= 4 is 51.6 Å². The fraction of sp³-hybridized carbons (Fsp3) is 0.240. The molecule has 1 atom stereocenters. The van der Waals surface area contributed by atoms with Crippen LogP contribution >= 0.6 is 34.7 Å². The van der Waals surface area contributed by atoms with Gasteiger partial charge in [-0.05, 0) is 45.0 Å². The zero-order valence-electron chi connectivity index (χ0n) is 20.0. The van der Waals surface area contributed by atoms with Crippen molar-refractivity contribution in [2.24, 2.45) is 0 Å². The van der Waals surface area contributed by atoms with Crippen LogP contribution in [0.25, 0.3) is 11.3 Å². The summed E-state index contributed by atoms with van der Waals surface area (Å²) in [6.07, 6.45) is 0. The van der Waals surface area contributed by atoms with Crippen LogP contribution in [0.5, 0.6) is 0 Å². The van der Waals surface area contributed by atoms with Crippen molar-refractivity contribution in [3.05, 3.63) is 75.9 Å². The number of nitrogens with zero attached hydrogens (tertiary/aromatic N) is 4. The molecule has 186 valence electrons. The highest BCUT2D eigenvalue weighted by molar-refractivity contribution is 7.99. The molecule has 36 heavy (non-hydrogen) atoms. The number of thiazole rings is 1. The quantitative estimate of drug-likeness (QED) is 0.268. The van der Waals surface area contributed by atoms with Crippen molar-refractivity contribution in [1.82, 2.24) is 25.1 Å². The zero-order valence-corrected chi connectivity index (χ0v) is 22.4. The normalized spacial score (nSPS) is 11.8. The second kappa shape index (κ2) is 11.7. The molecule has 4 rings (SSSR count). The molecule has 4 aromatic rings. The van der Waals surface area contributed by atoms with Crippen molar-refractivity contribution < 1.29 is 9.59 Å². The molecule has 8 nitrogen and oxygen atoms in total. The number of carbonyl (C=O) groups is 2. The van der Waals surface area contributed by atoms with Gasteiger partial charge in [0.25, 0.3) is 5.91 Å². The Bertz CT molecular complexity index is 1370. The summed E-state index contributed by atoms with van der Waals surface area (Å²) in [5.41, 5.74) is 3.31. The van der Waals surface area contributed by atoms with Gasteiger partial charge in [0.15, 0.2) is 16.1 Å². The lowest BCUT2D eigenvalue weighted by atomic mass is 10.1. The van der Waals surface area contributed by atoms with Crippen molar-refractivity contribution in [2.75, 3.05) is 11.1 Å². The van der Waals surface area contributed by atoms with Crippen LogP contribution in [0.15, 0.2) is 59.1 Å². The maximum Gasteiger partial charge on any atom is 0.251 e. The summed E-state index contributed by atoms with van der Waals surface area (Å²) in [5.74, 6) is 0.420. The summed E-state index contributed by atoms with van der Waals surface area (Å²) in [4.78, 5) is 29.7. The molecule has 1 unspecified atom stereocenters. The zero-order chi connectivity index (χ0) is 25.7. The van der Waals surface area contributed by atoms with E-state index in [2.05, 4.69) is 25.8 Å². The van der Waals surface area contributed by atoms with E-state index in [1.54, 1.807) is 18.2 Å². The fourth-order valence-electron chi connectivity index (χ4n) is 3.53. The van der Waals surface area contributed by atoms with E-state index in [0.717, 1.165) is 16.8 Å². The molecule has 0 spiro atoms. The predicted molar refractivity (Wildman–Crippen MR) is 145 cm³/mol. The van der Waals surface area contributed by atoms with Crippen molar-refractivity contribution in [1.29, 1.82) is 0 Å².